The number of ether oxygens (including phenoxy) is 2. The number of hydrogen-bond acceptors (Lipinski definition) is 4. The van der Waals surface area contributed by atoms with Crippen molar-refractivity contribution in [1.82, 2.24) is 0 Å². The van der Waals surface area contributed by atoms with Crippen LogP contribution in [0.3, 0.4) is 0 Å². The number of aldehydes is 1. The van der Waals surface area contributed by atoms with Gasteiger partial charge in [0.15, 0.2) is 6.29 Å². The van der Waals surface area contributed by atoms with Gasteiger partial charge >= 0.3 is 0 Å². The minimum atomic E-state index is -0.661. The van der Waals surface area contributed by atoms with Crippen molar-refractivity contribution in [3.8, 4) is 11.5 Å². The van der Waals surface area contributed by atoms with Crippen molar-refractivity contribution >= 4 is 6.29 Å². The lowest BCUT2D eigenvalue weighted by molar-refractivity contribution is -0.108. The van der Waals surface area contributed by atoms with E-state index < -0.39 is 5.92 Å². The summed E-state index contributed by atoms with van der Waals surface area (Å²) in [4.78, 5) is 11.5. The van der Waals surface area contributed by atoms with Gasteiger partial charge in [0.05, 0.1) is 12.5 Å². The Morgan fingerprint density at radius 3 is 2.62 bits per heavy atom. The summed E-state index contributed by atoms with van der Waals surface area (Å²) in [5, 5.41) is 10.3. The maximum absolute atomic E-state index is 13.0. The second-order valence-corrected chi connectivity index (χ2v) is 5.80. The number of carbonyl (C=O) groups excluding carboxylic acids is 1. The Morgan fingerprint density at radius 2 is 2.00 bits per heavy atom. The van der Waals surface area contributed by atoms with Gasteiger partial charge in [-0.15, -0.1) is 0 Å². The fourth-order valence-electron chi connectivity index (χ4n) is 2.82. The van der Waals surface area contributed by atoms with E-state index in [1.807, 2.05) is 0 Å². The molecule has 0 bridgehead atoms. The molecule has 1 N–H and O–H groups in total. The van der Waals surface area contributed by atoms with Crippen LogP contribution >= 0.6 is 0 Å². The Kier molecular flexibility index (Phi) is 5.11. The third-order valence-electron chi connectivity index (χ3n) is 4.11. The molecule has 0 saturated carbocycles. The van der Waals surface area contributed by atoms with Gasteiger partial charge in [-0.05, 0) is 36.6 Å². The molecule has 4 nitrogen and oxygen atoms in total. The number of halogens is 1. The van der Waals surface area contributed by atoms with Gasteiger partial charge in [0.2, 0.25) is 0 Å². The number of benzene rings is 2. The van der Waals surface area contributed by atoms with Crippen molar-refractivity contribution in [2.45, 2.75) is 31.5 Å². The number of phenolic OH excluding ortho intramolecular Hbond substituents is 1. The second-order valence-electron chi connectivity index (χ2n) is 5.80. The topological polar surface area (TPSA) is 55.8 Å². The van der Waals surface area contributed by atoms with E-state index in [4.69, 9.17) is 9.47 Å². The quantitative estimate of drug-likeness (QED) is 0.848. The van der Waals surface area contributed by atoms with Crippen molar-refractivity contribution in [2.24, 2.45) is 0 Å². The Morgan fingerprint density at radius 1 is 1.21 bits per heavy atom. The first-order valence-corrected chi connectivity index (χ1v) is 7.99. The van der Waals surface area contributed by atoms with Crippen LogP contribution in [0.25, 0.3) is 0 Å². The molecule has 1 saturated heterocycles. The zero-order valence-corrected chi connectivity index (χ0v) is 13.2. The molecular weight excluding hydrogens is 311 g/mol. The Hall–Kier alpha value is -2.40. The average Bonchev–Trinajstić information content (AvgIpc) is 2.60. The highest BCUT2D eigenvalue weighted by Crippen LogP contribution is 2.33. The van der Waals surface area contributed by atoms with E-state index in [-0.39, 0.29) is 17.9 Å². The van der Waals surface area contributed by atoms with Crippen LogP contribution in [-0.4, -0.2) is 24.3 Å². The van der Waals surface area contributed by atoms with Gasteiger partial charge in [-0.2, -0.15) is 0 Å². The van der Waals surface area contributed by atoms with E-state index in [0.717, 1.165) is 25.5 Å². The molecular formula is C19H19FO4. The molecule has 1 aliphatic rings. The van der Waals surface area contributed by atoms with Gasteiger partial charge in [-0.1, -0.05) is 18.2 Å². The van der Waals surface area contributed by atoms with Crippen molar-refractivity contribution in [2.75, 3.05) is 6.61 Å². The van der Waals surface area contributed by atoms with Crippen molar-refractivity contribution in [3.63, 3.8) is 0 Å². The highest BCUT2D eigenvalue weighted by molar-refractivity contribution is 5.70. The predicted octanol–water partition coefficient (Wildman–Crippen LogP) is 3.77. The van der Waals surface area contributed by atoms with Gasteiger partial charge in [-0.25, -0.2) is 4.39 Å². The summed E-state index contributed by atoms with van der Waals surface area (Å²) in [5.74, 6) is -0.578. The molecule has 2 aromatic rings. The van der Waals surface area contributed by atoms with Crippen molar-refractivity contribution in [3.05, 3.63) is 59.4 Å². The molecule has 1 aliphatic heterocycles. The highest BCUT2D eigenvalue weighted by atomic mass is 19.1. The summed E-state index contributed by atoms with van der Waals surface area (Å²) in [5.41, 5.74) is 1.07. The lowest BCUT2D eigenvalue weighted by Gasteiger charge is -2.24. The van der Waals surface area contributed by atoms with Crippen LogP contribution in [0.4, 0.5) is 4.39 Å². The van der Waals surface area contributed by atoms with E-state index in [0.29, 0.717) is 23.5 Å². The zero-order chi connectivity index (χ0) is 16.9. The van der Waals surface area contributed by atoms with Gasteiger partial charge in [-0.3, -0.25) is 0 Å². The number of rotatable bonds is 5. The third-order valence-corrected chi connectivity index (χ3v) is 4.11. The van der Waals surface area contributed by atoms with Gasteiger partial charge < -0.3 is 19.4 Å². The molecule has 0 aliphatic carbocycles. The largest absolute Gasteiger partial charge is 0.507 e. The zero-order valence-electron chi connectivity index (χ0n) is 13.2. The Labute approximate surface area is 139 Å². The molecule has 0 aromatic heterocycles. The van der Waals surface area contributed by atoms with E-state index in [9.17, 15) is 14.3 Å². The van der Waals surface area contributed by atoms with E-state index in [1.165, 1.54) is 30.3 Å². The summed E-state index contributed by atoms with van der Waals surface area (Å²) in [7, 11) is 0. The summed E-state index contributed by atoms with van der Waals surface area (Å²) < 4.78 is 24.3. The lowest BCUT2D eigenvalue weighted by Crippen LogP contribution is -2.24. The minimum absolute atomic E-state index is 0.0373. The predicted molar refractivity (Wildman–Crippen MR) is 86.6 cm³/mol. The first kappa shape index (κ1) is 16.5. The maximum Gasteiger partial charge on any atom is 0.199 e. The third kappa shape index (κ3) is 3.74. The summed E-state index contributed by atoms with van der Waals surface area (Å²) in [6.45, 7) is 0.673. The average molecular weight is 330 g/mol. The van der Waals surface area contributed by atoms with Crippen LogP contribution in [-0.2, 0) is 9.53 Å². The summed E-state index contributed by atoms with van der Waals surface area (Å²) in [6, 6.07) is 10.5. The Balaban J connectivity index is 1.79. The van der Waals surface area contributed by atoms with Crippen LogP contribution in [0.5, 0.6) is 11.5 Å². The van der Waals surface area contributed by atoms with Gasteiger partial charge in [0.1, 0.15) is 23.6 Å². The highest BCUT2D eigenvalue weighted by Gasteiger charge is 2.19. The molecule has 126 valence electrons. The molecule has 2 atom stereocenters. The van der Waals surface area contributed by atoms with Gasteiger partial charge in [0, 0.05) is 18.1 Å². The van der Waals surface area contributed by atoms with E-state index in [2.05, 4.69) is 0 Å². The smallest absolute Gasteiger partial charge is 0.199 e. The molecule has 5 heteroatoms. The van der Waals surface area contributed by atoms with Crippen LogP contribution < -0.4 is 4.74 Å². The van der Waals surface area contributed by atoms with Gasteiger partial charge in [0.25, 0.3) is 0 Å². The molecule has 3 rings (SSSR count). The van der Waals surface area contributed by atoms with Crippen LogP contribution in [0, 0.1) is 5.82 Å². The molecule has 0 radical (unpaired) electrons. The first-order valence-electron chi connectivity index (χ1n) is 7.99. The molecule has 24 heavy (non-hydrogen) atoms. The van der Waals surface area contributed by atoms with E-state index in [1.54, 1.807) is 12.1 Å². The fraction of sp³-hybridized carbons (Fsp3) is 0.316. The number of carbonyl (C=O) groups is 1. The second kappa shape index (κ2) is 7.45. The monoisotopic (exact) mass is 330 g/mol. The number of aromatic hydroxyl groups is 1. The fourth-order valence-corrected chi connectivity index (χ4v) is 2.82. The minimum Gasteiger partial charge on any atom is -0.507 e. The summed E-state index contributed by atoms with van der Waals surface area (Å²) in [6.07, 6.45) is 3.32. The van der Waals surface area contributed by atoms with E-state index >= 15 is 0 Å². The van der Waals surface area contributed by atoms with Crippen LogP contribution in [0.15, 0.2) is 42.5 Å². The molecule has 1 heterocycles. The summed E-state index contributed by atoms with van der Waals surface area (Å²) >= 11 is 0. The van der Waals surface area contributed by atoms with Crippen LogP contribution in [0.2, 0.25) is 0 Å². The number of hydrogen-bond donors (Lipinski definition) is 1. The molecule has 0 amide bonds. The normalized spacial score (nSPS) is 18.8. The molecule has 2 unspecified atom stereocenters. The lowest BCUT2D eigenvalue weighted by atomic mass is 9.92. The van der Waals surface area contributed by atoms with Crippen LogP contribution in [0.1, 0.15) is 36.3 Å². The molecule has 0 spiro atoms. The molecule has 2 aromatic carbocycles. The number of phenols is 1. The SMILES string of the molecule is O=CC(c1ccc(F)cc1)c1ccc(OC2CCCCO2)cc1O. The Bertz CT molecular complexity index is 693. The first-order chi connectivity index (χ1) is 11.7. The van der Waals surface area contributed by atoms with Crippen molar-refractivity contribution < 1.29 is 23.8 Å². The molecule has 1 fully saturated rings. The standard InChI is InChI=1S/C19H19FO4/c20-14-6-4-13(5-7-14)17(12-21)16-9-8-15(11-18(16)22)24-19-3-1-2-10-23-19/h4-9,11-12,17,19,22H,1-3,10H2. The van der Waals surface area contributed by atoms with Crippen molar-refractivity contribution in [1.29, 1.82) is 0 Å². The maximum atomic E-state index is 13.0.